The SMILES string of the molecule is C/C(=C\COc1c2c(cc3occc13)OC1(C=C2)OC(CC/C(C)=C/COc2ccc3ccc(=O)oc3c2)C(C)(C)O1)CCC1OC1(C)C.C/C(=C\COc1c2c(cc3occc13)OC1(C=C2)OC(CC/C(C)=C/COc2ccc3ccc(=O)oc3c2)C(C)(C)O1)CCC1OC1(C)C. The second-order valence-corrected chi connectivity index (χ2v) is 28.5. The molecule has 516 valence electrons. The molecule has 0 saturated carbocycles. The summed E-state index contributed by atoms with van der Waals surface area (Å²) in [6.45, 7) is 26.7. The Labute approximate surface area is 570 Å². The van der Waals surface area contributed by atoms with Crippen molar-refractivity contribution in [2.45, 2.75) is 193 Å². The van der Waals surface area contributed by atoms with Crippen molar-refractivity contribution in [3.8, 4) is 34.5 Å². The molecular weight excluding hydrogens is 1250 g/mol. The molecule has 4 aromatic carbocycles. The van der Waals surface area contributed by atoms with E-state index in [4.69, 9.17) is 74.5 Å². The molecule has 10 heterocycles. The summed E-state index contributed by atoms with van der Waals surface area (Å²) in [7, 11) is 0. The van der Waals surface area contributed by atoms with E-state index < -0.39 is 23.1 Å². The Bertz CT molecular complexity index is 4310. The minimum atomic E-state index is -1.36. The first kappa shape index (κ1) is 67.9. The average Bonchev–Trinajstić information content (AvgIpc) is 1.53. The lowest BCUT2D eigenvalue weighted by Gasteiger charge is -2.30. The smallest absolute Gasteiger partial charge is 0.350 e. The van der Waals surface area contributed by atoms with Gasteiger partial charge in [-0.15, -0.1) is 0 Å². The van der Waals surface area contributed by atoms with Crippen LogP contribution in [0.5, 0.6) is 34.5 Å². The predicted octanol–water partition coefficient (Wildman–Crippen LogP) is 17.8. The van der Waals surface area contributed by atoms with E-state index in [0.717, 1.165) is 95.2 Å². The summed E-state index contributed by atoms with van der Waals surface area (Å²) in [5.74, 6) is 1.11. The van der Waals surface area contributed by atoms with E-state index in [1.165, 1.54) is 23.3 Å². The molecule has 8 aromatic rings. The van der Waals surface area contributed by atoms with Crippen LogP contribution in [-0.2, 0) is 28.4 Å². The number of allylic oxidation sites excluding steroid dienone is 4. The molecular formula is C80H88O18. The third-order valence-electron chi connectivity index (χ3n) is 19.2. The number of epoxide rings is 2. The van der Waals surface area contributed by atoms with Crippen LogP contribution in [-0.4, -0.2) is 85.2 Å². The molecule has 0 aliphatic carbocycles. The van der Waals surface area contributed by atoms with Crippen LogP contribution < -0.4 is 39.7 Å². The van der Waals surface area contributed by atoms with E-state index in [1.807, 2.05) is 113 Å². The highest BCUT2D eigenvalue weighted by atomic mass is 16.9. The molecule has 0 bridgehead atoms. The summed E-state index contributed by atoms with van der Waals surface area (Å²) in [5.41, 5.74) is 6.86. The number of hydrogen-bond donors (Lipinski definition) is 0. The van der Waals surface area contributed by atoms with Gasteiger partial charge in [-0.3, -0.25) is 0 Å². The molecule has 2 spiro atoms. The van der Waals surface area contributed by atoms with Crippen LogP contribution in [0.4, 0.5) is 0 Å². The highest BCUT2D eigenvalue weighted by Crippen LogP contribution is 2.51. The molecule has 4 aromatic heterocycles. The van der Waals surface area contributed by atoms with Gasteiger partial charge in [0.25, 0.3) is 0 Å². The van der Waals surface area contributed by atoms with Crippen LogP contribution >= 0.6 is 0 Å². The van der Waals surface area contributed by atoms with E-state index in [2.05, 4.69) is 67.5 Å². The number of rotatable bonds is 24. The fourth-order valence-corrected chi connectivity index (χ4v) is 13.0. The van der Waals surface area contributed by atoms with Gasteiger partial charge >= 0.3 is 23.2 Å². The molecule has 14 rings (SSSR count). The third-order valence-corrected chi connectivity index (χ3v) is 19.2. The van der Waals surface area contributed by atoms with E-state index in [1.54, 1.807) is 36.8 Å². The number of ether oxygens (including phenoxy) is 12. The molecule has 0 N–H and O–H groups in total. The quantitative estimate of drug-likeness (QED) is 0.0313. The second-order valence-electron chi connectivity index (χ2n) is 28.5. The van der Waals surface area contributed by atoms with Gasteiger partial charge in [-0.25, -0.2) is 9.59 Å². The Morgan fingerprint density at radius 3 is 1.13 bits per heavy atom. The Hall–Kier alpha value is -8.62. The number of furan rings is 2. The minimum absolute atomic E-state index is 0.00721. The second kappa shape index (κ2) is 27.2. The maximum atomic E-state index is 11.6. The van der Waals surface area contributed by atoms with Crippen molar-refractivity contribution in [1.29, 1.82) is 0 Å². The minimum Gasteiger partial charge on any atom is -0.489 e. The lowest BCUT2D eigenvalue weighted by Crippen LogP contribution is -2.39. The van der Waals surface area contributed by atoms with Crippen LogP contribution in [0.2, 0.25) is 0 Å². The third kappa shape index (κ3) is 15.5. The molecule has 4 saturated heterocycles. The first-order valence-corrected chi connectivity index (χ1v) is 34.0. The zero-order chi connectivity index (χ0) is 68.8. The van der Waals surface area contributed by atoms with Crippen LogP contribution in [0.1, 0.15) is 146 Å². The van der Waals surface area contributed by atoms with Gasteiger partial charge in [0.15, 0.2) is 0 Å². The molecule has 4 fully saturated rings. The summed E-state index contributed by atoms with van der Waals surface area (Å²) in [4.78, 5) is 23.1. The molecule has 6 aliphatic heterocycles. The highest BCUT2D eigenvalue weighted by molar-refractivity contribution is 5.93. The van der Waals surface area contributed by atoms with Gasteiger partial charge in [-0.05, 0) is 219 Å². The maximum Gasteiger partial charge on any atom is 0.350 e. The summed E-state index contributed by atoms with van der Waals surface area (Å²) < 4.78 is 97.1. The van der Waals surface area contributed by atoms with Crippen LogP contribution in [0.15, 0.2) is 183 Å². The maximum absolute atomic E-state index is 11.6. The monoisotopic (exact) mass is 1340 g/mol. The Balaban J connectivity index is 0.000000176. The van der Waals surface area contributed by atoms with Gasteiger partial charge in [0.05, 0.1) is 81.2 Å². The Kier molecular flexibility index (Phi) is 18.9. The molecule has 6 atom stereocenters. The number of benzene rings is 4. The predicted molar refractivity (Wildman–Crippen MR) is 374 cm³/mol. The highest BCUT2D eigenvalue weighted by Gasteiger charge is 2.56. The van der Waals surface area contributed by atoms with Gasteiger partial charge in [0, 0.05) is 59.3 Å². The van der Waals surface area contributed by atoms with E-state index in [0.29, 0.717) is 95.5 Å². The molecule has 6 unspecified atom stereocenters. The zero-order valence-corrected chi connectivity index (χ0v) is 58.0. The van der Waals surface area contributed by atoms with Crippen molar-refractivity contribution in [3.05, 3.63) is 188 Å². The summed E-state index contributed by atoms with van der Waals surface area (Å²) in [6.07, 6.45) is 26.4. The van der Waals surface area contributed by atoms with E-state index >= 15 is 0 Å². The van der Waals surface area contributed by atoms with E-state index in [9.17, 15) is 9.59 Å². The molecule has 18 nitrogen and oxygen atoms in total. The zero-order valence-electron chi connectivity index (χ0n) is 58.0. The fraction of sp³-hybridized carbons (Fsp3) is 0.425. The van der Waals surface area contributed by atoms with Crippen molar-refractivity contribution in [1.82, 2.24) is 0 Å². The van der Waals surface area contributed by atoms with Crippen LogP contribution in [0.25, 0.3) is 56.0 Å². The standard InChI is InChI=1S/2C40H44O9/c2*1-25(16-20-42-28-11-9-27-10-14-36(41)45-31(27)23-28)8-13-35-39(5,6)49-40(48-35)19-15-29-33(46-40)24-32-30(18-22-43-32)37(29)44-21-17-26(2)7-12-34-38(3,4)47-34/h2*9-11,14-19,22-24,34-35H,7-8,12-13,20-21H2,1-6H3/b2*25-16+,26-17+. The first-order valence-electron chi connectivity index (χ1n) is 34.0. The molecule has 6 aliphatic rings. The molecule has 0 radical (unpaired) electrons. The molecule has 18 heteroatoms. The van der Waals surface area contributed by atoms with Crippen molar-refractivity contribution in [2.75, 3.05) is 26.4 Å². The number of hydrogen-bond acceptors (Lipinski definition) is 18. The topological polar surface area (TPSA) is 204 Å². The largest absolute Gasteiger partial charge is 0.489 e. The van der Waals surface area contributed by atoms with E-state index in [-0.39, 0.29) is 34.7 Å². The van der Waals surface area contributed by atoms with Crippen molar-refractivity contribution in [2.24, 2.45) is 0 Å². The summed E-state index contributed by atoms with van der Waals surface area (Å²) in [5, 5.41) is 3.46. The van der Waals surface area contributed by atoms with Crippen molar-refractivity contribution < 1.29 is 74.5 Å². The van der Waals surface area contributed by atoms with Gasteiger partial charge in [0.1, 0.15) is 83.3 Å². The van der Waals surface area contributed by atoms with Crippen molar-refractivity contribution in [3.63, 3.8) is 0 Å². The van der Waals surface area contributed by atoms with Crippen LogP contribution in [0.3, 0.4) is 0 Å². The summed E-state index contributed by atoms with van der Waals surface area (Å²) >= 11 is 0. The lowest BCUT2D eigenvalue weighted by molar-refractivity contribution is -0.271. The first-order chi connectivity index (χ1) is 46.8. The Morgan fingerprint density at radius 1 is 0.418 bits per heavy atom. The van der Waals surface area contributed by atoms with Crippen LogP contribution in [0, 0.1) is 0 Å². The normalized spacial score (nSPS) is 24.0. The van der Waals surface area contributed by atoms with Gasteiger partial charge < -0.3 is 74.5 Å². The van der Waals surface area contributed by atoms with Crippen molar-refractivity contribution >= 4 is 56.0 Å². The Morgan fingerprint density at radius 2 is 0.765 bits per heavy atom. The molecule has 98 heavy (non-hydrogen) atoms. The lowest BCUT2D eigenvalue weighted by atomic mass is 9.96. The fourth-order valence-electron chi connectivity index (χ4n) is 13.0. The number of fused-ring (bicyclic) bond motifs is 6. The van der Waals surface area contributed by atoms with Gasteiger partial charge in [-0.2, -0.15) is 0 Å². The summed E-state index contributed by atoms with van der Waals surface area (Å²) in [6, 6.07) is 24.8. The van der Waals surface area contributed by atoms with Gasteiger partial charge in [-0.1, -0.05) is 22.3 Å². The van der Waals surface area contributed by atoms with Gasteiger partial charge in [0.2, 0.25) is 0 Å². The molecule has 0 amide bonds. The average molecular weight is 1340 g/mol.